The molecule has 2 nitrogen and oxygen atoms in total. The smallest absolute Gasteiger partial charge is 0.147 e. The molecule has 2 rings (SSSR count). The lowest BCUT2D eigenvalue weighted by atomic mass is 10.1. The van der Waals surface area contributed by atoms with Crippen molar-refractivity contribution in [3.8, 4) is 0 Å². The first-order valence-corrected chi connectivity index (χ1v) is 4.79. The van der Waals surface area contributed by atoms with E-state index in [1.54, 1.807) is 0 Å². The lowest BCUT2D eigenvalue weighted by Crippen LogP contribution is -2.26. The van der Waals surface area contributed by atoms with E-state index in [0.29, 0.717) is 12.4 Å². The minimum Gasteiger partial charge on any atom is -0.486 e. The summed E-state index contributed by atoms with van der Waals surface area (Å²) in [5, 5.41) is 0. The van der Waals surface area contributed by atoms with Crippen molar-refractivity contribution >= 4 is 0 Å². The van der Waals surface area contributed by atoms with E-state index in [9.17, 15) is 0 Å². The van der Waals surface area contributed by atoms with Crippen LogP contribution in [0.1, 0.15) is 18.6 Å². The van der Waals surface area contributed by atoms with Crippen LogP contribution in [0.4, 0.5) is 0 Å². The second-order valence-corrected chi connectivity index (χ2v) is 3.46. The first-order valence-electron chi connectivity index (χ1n) is 4.79. The van der Waals surface area contributed by atoms with Gasteiger partial charge in [-0.2, -0.15) is 0 Å². The van der Waals surface area contributed by atoms with Crippen LogP contribution in [-0.2, 0) is 9.47 Å². The van der Waals surface area contributed by atoms with Crippen LogP contribution >= 0.6 is 0 Å². The van der Waals surface area contributed by atoms with Crippen molar-refractivity contribution in [3.63, 3.8) is 0 Å². The van der Waals surface area contributed by atoms with E-state index < -0.39 is 0 Å². The summed E-state index contributed by atoms with van der Waals surface area (Å²) in [6.45, 7) is 6.37. The van der Waals surface area contributed by atoms with Gasteiger partial charge in [-0.15, -0.1) is 0 Å². The van der Waals surface area contributed by atoms with Crippen LogP contribution in [0.3, 0.4) is 0 Å². The minimum absolute atomic E-state index is 0.0000926. The third-order valence-corrected chi connectivity index (χ3v) is 2.42. The van der Waals surface area contributed by atoms with Crippen LogP contribution in [0, 0.1) is 0 Å². The van der Waals surface area contributed by atoms with Crippen molar-refractivity contribution in [1.82, 2.24) is 0 Å². The highest BCUT2D eigenvalue weighted by atomic mass is 16.6. The second-order valence-electron chi connectivity index (χ2n) is 3.46. The summed E-state index contributed by atoms with van der Waals surface area (Å²) in [6, 6.07) is 10.1. The quantitative estimate of drug-likeness (QED) is 0.677. The van der Waals surface area contributed by atoms with Crippen molar-refractivity contribution in [2.75, 3.05) is 6.61 Å². The molecule has 0 spiro atoms. The summed E-state index contributed by atoms with van der Waals surface area (Å²) in [4.78, 5) is 0. The Morgan fingerprint density at radius 2 is 2.00 bits per heavy atom. The number of hydrogen-bond acceptors (Lipinski definition) is 2. The second kappa shape index (κ2) is 3.84. The average Bonchev–Trinajstić information content (AvgIpc) is 2.23. The highest BCUT2D eigenvalue weighted by Crippen LogP contribution is 2.27. The molecular formula is C12H14O2. The van der Waals surface area contributed by atoms with Gasteiger partial charge < -0.3 is 9.47 Å². The Balaban J connectivity index is 2.11. The van der Waals surface area contributed by atoms with Gasteiger partial charge in [-0.1, -0.05) is 36.9 Å². The van der Waals surface area contributed by atoms with Crippen LogP contribution in [0.25, 0.3) is 0 Å². The van der Waals surface area contributed by atoms with Crippen molar-refractivity contribution in [2.45, 2.75) is 19.1 Å². The number of ether oxygens (including phenoxy) is 2. The Labute approximate surface area is 84.2 Å². The molecule has 0 saturated carbocycles. The Morgan fingerprint density at radius 1 is 1.29 bits per heavy atom. The average molecular weight is 190 g/mol. The van der Waals surface area contributed by atoms with E-state index in [-0.39, 0.29) is 12.2 Å². The standard InChI is InChI=1S/C12H14O2/c1-9-10(2)14-12(8-13-9)11-6-4-3-5-7-11/h3-7,9,12H,2,8H2,1H3/t9-,12+/m0/s1. The molecule has 1 aromatic rings. The fourth-order valence-electron chi connectivity index (χ4n) is 1.47. The molecule has 0 N–H and O–H groups in total. The highest BCUT2D eigenvalue weighted by Gasteiger charge is 2.23. The number of hydrogen-bond donors (Lipinski definition) is 0. The molecule has 0 amide bonds. The summed E-state index contributed by atoms with van der Waals surface area (Å²) in [7, 11) is 0. The Hall–Kier alpha value is -1.28. The molecule has 1 aliphatic rings. The van der Waals surface area contributed by atoms with Gasteiger partial charge in [0.25, 0.3) is 0 Å². The number of benzene rings is 1. The van der Waals surface area contributed by atoms with Crippen LogP contribution in [-0.4, -0.2) is 12.7 Å². The van der Waals surface area contributed by atoms with Crippen LogP contribution in [0.15, 0.2) is 42.7 Å². The van der Waals surface area contributed by atoms with E-state index in [4.69, 9.17) is 9.47 Å². The van der Waals surface area contributed by atoms with Gasteiger partial charge in [-0.25, -0.2) is 0 Å². The van der Waals surface area contributed by atoms with E-state index in [1.165, 1.54) is 0 Å². The third-order valence-electron chi connectivity index (χ3n) is 2.42. The zero-order chi connectivity index (χ0) is 9.97. The predicted octanol–water partition coefficient (Wildman–Crippen LogP) is 2.68. The van der Waals surface area contributed by atoms with Gasteiger partial charge in [0.05, 0.1) is 6.61 Å². The monoisotopic (exact) mass is 190 g/mol. The van der Waals surface area contributed by atoms with E-state index >= 15 is 0 Å². The Morgan fingerprint density at radius 3 is 2.64 bits per heavy atom. The van der Waals surface area contributed by atoms with Gasteiger partial charge in [0.2, 0.25) is 0 Å². The summed E-state index contributed by atoms with van der Waals surface area (Å²) >= 11 is 0. The Bertz CT molecular complexity index is 318. The maximum atomic E-state index is 5.67. The summed E-state index contributed by atoms with van der Waals surface area (Å²) < 4.78 is 11.2. The lowest BCUT2D eigenvalue weighted by Gasteiger charge is -2.30. The van der Waals surface area contributed by atoms with E-state index in [2.05, 4.69) is 6.58 Å². The maximum Gasteiger partial charge on any atom is 0.147 e. The molecule has 0 aromatic heterocycles. The van der Waals surface area contributed by atoms with Crippen LogP contribution < -0.4 is 0 Å². The molecule has 0 aliphatic carbocycles. The van der Waals surface area contributed by atoms with Gasteiger partial charge in [0, 0.05) is 0 Å². The van der Waals surface area contributed by atoms with Crippen molar-refractivity contribution in [1.29, 1.82) is 0 Å². The van der Waals surface area contributed by atoms with Crippen LogP contribution in [0.2, 0.25) is 0 Å². The molecule has 1 heterocycles. The molecule has 2 heteroatoms. The largest absolute Gasteiger partial charge is 0.486 e. The van der Waals surface area contributed by atoms with Gasteiger partial charge in [0.15, 0.2) is 0 Å². The maximum absolute atomic E-state index is 5.67. The fraction of sp³-hybridized carbons (Fsp3) is 0.333. The zero-order valence-electron chi connectivity index (χ0n) is 8.27. The third kappa shape index (κ3) is 1.80. The molecule has 0 unspecified atom stereocenters. The van der Waals surface area contributed by atoms with Gasteiger partial charge in [0.1, 0.15) is 18.0 Å². The molecule has 1 aliphatic heterocycles. The predicted molar refractivity (Wildman–Crippen MR) is 54.8 cm³/mol. The lowest BCUT2D eigenvalue weighted by molar-refractivity contribution is -0.0825. The molecular weight excluding hydrogens is 176 g/mol. The van der Waals surface area contributed by atoms with Crippen molar-refractivity contribution < 1.29 is 9.47 Å². The summed E-state index contributed by atoms with van der Waals surface area (Å²) in [5.74, 6) is 0.713. The first kappa shape index (κ1) is 9.28. The van der Waals surface area contributed by atoms with E-state index in [0.717, 1.165) is 5.56 Å². The SMILES string of the molecule is C=C1O[C@@H](c2ccccc2)CO[C@H]1C. The minimum atomic E-state index is -0.0000926. The zero-order valence-corrected chi connectivity index (χ0v) is 8.27. The molecule has 74 valence electrons. The fourth-order valence-corrected chi connectivity index (χ4v) is 1.47. The number of rotatable bonds is 1. The van der Waals surface area contributed by atoms with Crippen molar-refractivity contribution in [2.24, 2.45) is 0 Å². The molecule has 0 radical (unpaired) electrons. The van der Waals surface area contributed by atoms with Gasteiger partial charge in [-0.3, -0.25) is 0 Å². The molecule has 2 atom stereocenters. The Kier molecular flexibility index (Phi) is 2.55. The molecule has 1 saturated heterocycles. The molecule has 14 heavy (non-hydrogen) atoms. The molecule has 0 bridgehead atoms. The summed E-state index contributed by atoms with van der Waals surface area (Å²) in [5.41, 5.74) is 1.14. The summed E-state index contributed by atoms with van der Waals surface area (Å²) in [6.07, 6.45) is 0.00913. The van der Waals surface area contributed by atoms with Crippen molar-refractivity contribution in [3.05, 3.63) is 48.2 Å². The molecule has 1 aromatic carbocycles. The van der Waals surface area contributed by atoms with E-state index in [1.807, 2.05) is 37.3 Å². The topological polar surface area (TPSA) is 18.5 Å². The van der Waals surface area contributed by atoms with Gasteiger partial charge >= 0.3 is 0 Å². The van der Waals surface area contributed by atoms with Crippen LogP contribution in [0.5, 0.6) is 0 Å². The highest BCUT2D eigenvalue weighted by molar-refractivity contribution is 5.19. The first-order chi connectivity index (χ1) is 6.77. The van der Waals surface area contributed by atoms with Gasteiger partial charge in [-0.05, 0) is 12.5 Å². The normalized spacial score (nSPS) is 27.1. The molecule has 1 fully saturated rings.